The fraction of sp³-hybridized carbons (Fsp3) is 0.286. The predicted octanol–water partition coefficient (Wildman–Crippen LogP) is -0.0640. The molecule has 14 heavy (non-hydrogen) atoms. The molecule has 7 nitrogen and oxygen atoms in total. The minimum Gasteiger partial charge on any atom is -0.481 e. The summed E-state index contributed by atoms with van der Waals surface area (Å²) in [6.07, 6.45) is 0. The van der Waals surface area contributed by atoms with Gasteiger partial charge in [-0.15, -0.1) is 10.2 Å². The minimum atomic E-state index is -0.939. The number of rotatable bonds is 2. The number of hydrogen-bond donors (Lipinski definition) is 2. The summed E-state index contributed by atoms with van der Waals surface area (Å²) in [5, 5.41) is 26.0. The van der Waals surface area contributed by atoms with Gasteiger partial charge < -0.3 is 5.11 Å². The molecule has 7 heteroatoms. The second kappa shape index (κ2) is 3.02. The summed E-state index contributed by atoms with van der Waals surface area (Å²) >= 11 is 0. The summed E-state index contributed by atoms with van der Waals surface area (Å²) in [6.45, 7) is 1.54. The van der Waals surface area contributed by atoms with Crippen LogP contribution in [0.5, 0.6) is 0 Å². The Labute approximate surface area is 78.2 Å². The molecule has 0 aliphatic rings. The Morgan fingerprint density at radius 3 is 3.00 bits per heavy atom. The lowest BCUT2D eigenvalue weighted by Gasteiger charge is -2.02. The van der Waals surface area contributed by atoms with Crippen molar-refractivity contribution in [2.24, 2.45) is 0 Å². The molecule has 2 aromatic heterocycles. The normalized spacial score (nSPS) is 12.9. The second-order valence-corrected chi connectivity index (χ2v) is 2.88. The summed E-state index contributed by atoms with van der Waals surface area (Å²) in [6, 6.07) is 1.58. The lowest BCUT2D eigenvalue weighted by atomic mass is 10.1. The fourth-order valence-corrected chi connectivity index (χ4v) is 1.02. The van der Waals surface area contributed by atoms with Crippen molar-refractivity contribution in [3.8, 4) is 0 Å². The van der Waals surface area contributed by atoms with Crippen LogP contribution in [0.1, 0.15) is 18.5 Å². The van der Waals surface area contributed by atoms with E-state index in [1.807, 2.05) is 0 Å². The van der Waals surface area contributed by atoms with Crippen molar-refractivity contribution in [1.29, 1.82) is 0 Å². The molecular weight excluding hydrogens is 186 g/mol. The molecule has 2 N–H and O–H groups in total. The molecule has 0 saturated heterocycles. The van der Waals surface area contributed by atoms with Gasteiger partial charge in [0.1, 0.15) is 5.52 Å². The average molecular weight is 193 g/mol. The molecule has 0 aromatic carbocycles. The van der Waals surface area contributed by atoms with Gasteiger partial charge in [0.25, 0.3) is 0 Å². The smallest absolute Gasteiger partial charge is 0.312 e. The third kappa shape index (κ3) is 1.28. The summed E-state index contributed by atoms with van der Waals surface area (Å²) in [5.41, 5.74) is 1.35. The van der Waals surface area contributed by atoms with Gasteiger partial charge in [-0.05, 0) is 13.0 Å². The van der Waals surface area contributed by atoms with Crippen LogP contribution in [0, 0.1) is 0 Å². The number of nitrogens with zero attached hydrogens (tertiary/aromatic N) is 4. The van der Waals surface area contributed by atoms with E-state index < -0.39 is 11.9 Å². The molecule has 0 saturated carbocycles. The number of aliphatic carboxylic acids is 1. The molecule has 0 aliphatic heterocycles. The first-order chi connectivity index (χ1) is 6.68. The fourth-order valence-electron chi connectivity index (χ4n) is 1.02. The highest BCUT2D eigenvalue weighted by Gasteiger charge is 2.16. The number of aromatic amines is 1. The first kappa shape index (κ1) is 8.54. The maximum Gasteiger partial charge on any atom is 0.312 e. The Morgan fingerprint density at radius 2 is 2.29 bits per heavy atom. The highest BCUT2D eigenvalue weighted by Crippen LogP contribution is 2.14. The van der Waals surface area contributed by atoms with E-state index in [4.69, 9.17) is 5.11 Å². The Bertz CT molecular complexity index is 480. The molecule has 2 aromatic rings. The topological polar surface area (TPSA) is 105 Å². The first-order valence-electron chi connectivity index (χ1n) is 3.95. The quantitative estimate of drug-likeness (QED) is 0.692. The van der Waals surface area contributed by atoms with Gasteiger partial charge in [0, 0.05) is 0 Å². The van der Waals surface area contributed by atoms with E-state index in [0.29, 0.717) is 16.9 Å². The number of hydrogen-bond acceptors (Lipinski definition) is 5. The molecular formula is C7H7N5O2. The standard InChI is InChI=1S/C7H7N5O2/c1-3(7(13)14)4-2-5-6(10-8-4)11-12-9-5/h2-3H,1H3,(H,13,14)(H,9,10,11,12). The van der Waals surface area contributed by atoms with E-state index in [-0.39, 0.29) is 0 Å². The van der Waals surface area contributed by atoms with Gasteiger partial charge in [-0.25, -0.2) is 0 Å². The van der Waals surface area contributed by atoms with Gasteiger partial charge in [0.2, 0.25) is 5.65 Å². The van der Waals surface area contributed by atoms with Crippen LogP contribution in [0.3, 0.4) is 0 Å². The summed E-state index contributed by atoms with van der Waals surface area (Å²) < 4.78 is 0. The van der Waals surface area contributed by atoms with E-state index in [9.17, 15) is 4.79 Å². The Hall–Kier alpha value is -2.05. The lowest BCUT2D eigenvalue weighted by Crippen LogP contribution is -2.09. The zero-order valence-electron chi connectivity index (χ0n) is 7.30. The van der Waals surface area contributed by atoms with Crippen molar-refractivity contribution < 1.29 is 9.90 Å². The summed E-state index contributed by atoms with van der Waals surface area (Å²) in [4.78, 5) is 10.7. The summed E-state index contributed by atoms with van der Waals surface area (Å²) in [5.74, 6) is -1.62. The number of carbonyl (C=O) groups is 1. The first-order valence-corrected chi connectivity index (χ1v) is 3.95. The molecule has 1 atom stereocenters. The molecule has 0 fully saturated rings. The van der Waals surface area contributed by atoms with Gasteiger partial charge in [0.05, 0.1) is 11.6 Å². The maximum atomic E-state index is 10.7. The molecule has 72 valence electrons. The van der Waals surface area contributed by atoms with E-state index in [2.05, 4.69) is 25.6 Å². The van der Waals surface area contributed by atoms with E-state index in [1.54, 1.807) is 13.0 Å². The van der Waals surface area contributed by atoms with E-state index in [0.717, 1.165) is 0 Å². The van der Waals surface area contributed by atoms with Gasteiger partial charge in [-0.3, -0.25) is 9.89 Å². The van der Waals surface area contributed by atoms with Crippen LogP contribution in [-0.2, 0) is 4.79 Å². The van der Waals surface area contributed by atoms with Crippen molar-refractivity contribution in [1.82, 2.24) is 25.6 Å². The maximum absolute atomic E-state index is 10.7. The lowest BCUT2D eigenvalue weighted by molar-refractivity contribution is -0.138. The van der Waals surface area contributed by atoms with Gasteiger partial charge in [-0.1, -0.05) is 5.21 Å². The molecule has 2 heterocycles. The van der Waals surface area contributed by atoms with Crippen molar-refractivity contribution in [3.63, 3.8) is 0 Å². The van der Waals surface area contributed by atoms with Crippen LogP contribution in [0.2, 0.25) is 0 Å². The largest absolute Gasteiger partial charge is 0.481 e. The average Bonchev–Trinajstić information content (AvgIpc) is 2.62. The summed E-state index contributed by atoms with van der Waals surface area (Å²) in [7, 11) is 0. The van der Waals surface area contributed by atoms with Crippen LogP contribution in [0.15, 0.2) is 6.07 Å². The molecule has 0 radical (unpaired) electrons. The Morgan fingerprint density at radius 1 is 1.50 bits per heavy atom. The van der Waals surface area contributed by atoms with E-state index in [1.165, 1.54) is 0 Å². The van der Waals surface area contributed by atoms with Crippen molar-refractivity contribution in [2.45, 2.75) is 12.8 Å². The van der Waals surface area contributed by atoms with Crippen molar-refractivity contribution in [3.05, 3.63) is 11.8 Å². The van der Waals surface area contributed by atoms with Crippen LogP contribution in [0.4, 0.5) is 0 Å². The number of carboxylic acids is 1. The second-order valence-electron chi connectivity index (χ2n) is 2.88. The predicted molar refractivity (Wildman–Crippen MR) is 45.5 cm³/mol. The van der Waals surface area contributed by atoms with Crippen LogP contribution in [0.25, 0.3) is 11.2 Å². The minimum absolute atomic E-state index is 0.381. The van der Waals surface area contributed by atoms with Crippen LogP contribution in [-0.4, -0.2) is 36.7 Å². The molecule has 0 spiro atoms. The number of H-pyrrole nitrogens is 1. The highest BCUT2D eigenvalue weighted by molar-refractivity contribution is 5.76. The van der Waals surface area contributed by atoms with Gasteiger partial charge in [-0.2, -0.15) is 5.10 Å². The zero-order valence-corrected chi connectivity index (χ0v) is 7.30. The monoisotopic (exact) mass is 193 g/mol. The van der Waals surface area contributed by atoms with E-state index >= 15 is 0 Å². The number of carboxylic acid groups (broad SMARTS) is 1. The van der Waals surface area contributed by atoms with Gasteiger partial charge >= 0.3 is 5.97 Å². The van der Waals surface area contributed by atoms with Crippen LogP contribution < -0.4 is 0 Å². The molecule has 0 amide bonds. The number of nitrogens with one attached hydrogen (secondary N) is 1. The molecule has 2 rings (SSSR count). The molecule has 0 aliphatic carbocycles. The van der Waals surface area contributed by atoms with Crippen LogP contribution >= 0.6 is 0 Å². The SMILES string of the molecule is CC(C(=O)O)c1cc2[nH]nnc2nn1. The Kier molecular flexibility index (Phi) is 1.84. The highest BCUT2D eigenvalue weighted by atomic mass is 16.4. The Balaban J connectivity index is 2.48. The van der Waals surface area contributed by atoms with Crippen molar-refractivity contribution >= 4 is 17.1 Å². The molecule has 0 bridgehead atoms. The van der Waals surface area contributed by atoms with Gasteiger partial charge in [0.15, 0.2) is 0 Å². The third-order valence-corrected chi connectivity index (χ3v) is 1.92. The number of aromatic nitrogens is 5. The number of fused-ring (bicyclic) bond motifs is 1. The third-order valence-electron chi connectivity index (χ3n) is 1.92. The molecule has 1 unspecified atom stereocenters. The zero-order chi connectivity index (χ0) is 10.1. The van der Waals surface area contributed by atoms with Crippen molar-refractivity contribution in [2.75, 3.05) is 0 Å².